The Hall–Kier alpha value is -3.18. The van der Waals surface area contributed by atoms with Crippen molar-refractivity contribution in [3.8, 4) is 5.75 Å². The van der Waals surface area contributed by atoms with E-state index in [1.807, 2.05) is 0 Å². The number of nitrogens with one attached hydrogen (secondary N) is 2. The first-order chi connectivity index (χ1) is 11.2. The Morgan fingerprint density at radius 3 is 2.96 bits per heavy atom. The molecule has 0 spiro atoms. The highest BCUT2D eigenvalue weighted by Crippen LogP contribution is 2.29. The van der Waals surface area contributed by atoms with E-state index < -0.39 is 6.03 Å². The maximum absolute atomic E-state index is 12.0. The van der Waals surface area contributed by atoms with Crippen molar-refractivity contribution in [2.75, 3.05) is 17.7 Å². The number of hydrogen-bond donors (Lipinski definition) is 2. The molecule has 0 radical (unpaired) electrons. The molecule has 0 aliphatic rings. The second-order valence-electron chi connectivity index (χ2n) is 4.48. The van der Waals surface area contributed by atoms with E-state index in [1.165, 1.54) is 24.6 Å². The molecule has 1 aromatic carbocycles. The molecule has 2 heterocycles. The van der Waals surface area contributed by atoms with Gasteiger partial charge in [-0.2, -0.15) is 0 Å². The number of ether oxygens (including phenoxy) is 1. The zero-order chi connectivity index (χ0) is 16.2. The first-order valence-corrected chi connectivity index (χ1v) is 7.34. The van der Waals surface area contributed by atoms with Gasteiger partial charge in [0.2, 0.25) is 0 Å². The van der Waals surface area contributed by atoms with Gasteiger partial charge in [0.15, 0.2) is 10.8 Å². The largest absolute Gasteiger partial charge is 0.495 e. The Balaban J connectivity index is 1.73. The molecule has 0 bridgehead atoms. The summed E-state index contributed by atoms with van der Waals surface area (Å²) in [4.78, 5) is 23.6. The third-order valence-corrected chi connectivity index (χ3v) is 3.86. The number of benzene rings is 1. The fourth-order valence-electron chi connectivity index (χ4n) is 1.89. The minimum Gasteiger partial charge on any atom is -0.495 e. The summed E-state index contributed by atoms with van der Waals surface area (Å²) in [7, 11) is 1.53. The molecule has 114 valence electrons. The molecule has 7 nitrogen and oxygen atoms in total. The molecular weight excluding hydrogens is 314 g/mol. The first-order valence-electron chi connectivity index (χ1n) is 6.53. The molecule has 2 aromatic heterocycles. The van der Waals surface area contributed by atoms with E-state index in [1.54, 1.807) is 30.5 Å². The highest BCUT2D eigenvalue weighted by molar-refractivity contribution is 7.22. The van der Waals surface area contributed by atoms with Crippen LogP contribution in [-0.4, -0.2) is 23.1 Å². The highest BCUT2D eigenvalue weighted by atomic mass is 32.1. The normalized spacial score (nSPS) is 10.1. The molecule has 0 fully saturated rings. The van der Waals surface area contributed by atoms with Crippen molar-refractivity contribution in [2.24, 2.45) is 0 Å². The predicted molar refractivity (Wildman–Crippen MR) is 89.3 cm³/mol. The summed E-state index contributed by atoms with van der Waals surface area (Å²) in [5.74, 6) is 0.550. The van der Waals surface area contributed by atoms with Gasteiger partial charge < -0.3 is 10.1 Å². The summed E-state index contributed by atoms with van der Waals surface area (Å²) in [5.41, 5.74) is 1.79. The van der Waals surface area contributed by atoms with Crippen LogP contribution in [0.15, 0.2) is 36.7 Å². The molecule has 0 saturated carbocycles. The fourth-order valence-corrected chi connectivity index (χ4v) is 2.79. The lowest BCUT2D eigenvalue weighted by molar-refractivity contribution is 0.262. The van der Waals surface area contributed by atoms with E-state index in [4.69, 9.17) is 11.3 Å². The van der Waals surface area contributed by atoms with E-state index in [-0.39, 0.29) is 0 Å². The van der Waals surface area contributed by atoms with Crippen molar-refractivity contribution < 1.29 is 9.53 Å². The summed E-state index contributed by atoms with van der Waals surface area (Å²) in [6.07, 6.45) is 3.06. The van der Waals surface area contributed by atoms with Crippen LogP contribution in [0, 0.1) is 6.57 Å². The number of rotatable bonds is 3. The molecule has 23 heavy (non-hydrogen) atoms. The van der Waals surface area contributed by atoms with Crippen LogP contribution in [0.4, 0.5) is 21.3 Å². The summed E-state index contributed by atoms with van der Waals surface area (Å²) in [6.45, 7) is 7.01. The average Bonchev–Trinajstić information content (AvgIpc) is 2.95. The third-order valence-electron chi connectivity index (χ3n) is 2.93. The van der Waals surface area contributed by atoms with E-state index >= 15 is 0 Å². The summed E-state index contributed by atoms with van der Waals surface area (Å²) < 4.78 is 5.89. The summed E-state index contributed by atoms with van der Waals surface area (Å²) in [6, 6.07) is 6.43. The van der Waals surface area contributed by atoms with Crippen molar-refractivity contribution >= 4 is 44.1 Å². The number of nitrogens with zero attached hydrogens (tertiary/aromatic N) is 3. The number of hydrogen-bond acceptors (Lipinski definition) is 5. The minimum atomic E-state index is -0.426. The molecule has 0 atom stereocenters. The average molecular weight is 325 g/mol. The Morgan fingerprint density at radius 2 is 2.17 bits per heavy atom. The first kappa shape index (κ1) is 14.7. The predicted octanol–water partition coefficient (Wildman–Crippen LogP) is 3.89. The zero-order valence-electron chi connectivity index (χ0n) is 12.0. The van der Waals surface area contributed by atoms with E-state index in [0.29, 0.717) is 22.3 Å². The van der Waals surface area contributed by atoms with Gasteiger partial charge in [-0.05, 0) is 12.1 Å². The van der Waals surface area contributed by atoms with Crippen molar-refractivity contribution in [2.45, 2.75) is 0 Å². The monoisotopic (exact) mass is 325 g/mol. The molecule has 3 rings (SSSR count). The lowest BCUT2D eigenvalue weighted by Crippen LogP contribution is -2.19. The molecule has 8 heteroatoms. The topological polar surface area (TPSA) is 80.5 Å². The van der Waals surface area contributed by atoms with Gasteiger partial charge in [0.25, 0.3) is 0 Å². The van der Waals surface area contributed by atoms with E-state index in [9.17, 15) is 4.79 Å². The second-order valence-corrected chi connectivity index (χ2v) is 5.51. The maximum atomic E-state index is 12.0. The quantitative estimate of drug-likeness (QED) is 0.716. The van der Waals surface area contributed by atoms with E-state index in [2.05, 4.69) is 25.4 Å². The van der Waals surface area contributed by atoms with Crippen molar-refractivity contribution in [3.05, 3.63) is 48.1 Å². The van der Waals surface area contributed by atoms with Crippen LogP contribution in [0.1, 0.15) is 0 Å². The smallest absolute Gasteiger partial charge is 0.325 e. The molecular formula is C15H11N5O2S. The van der Waals surface area contributed by atoms with Gasteiger partial charge in [0, 0.05) is 10.8 Å². The van der Waals surface area contributed by atoms with Gasteiger partial charge in [-0.15, -0.1) is 0 Å². The number of urea groups is 1. The van der Waals surface area contributed by atoms with Crippen LogP contribution >= 0.6 is 11.3 Å². The summed E-state index contributed by atoms with van der Waals surface area (Å²) in [5, 5.41) is 5.78. The van der Waals surface area contributed by atoms with Gasteiger partial charge >= 0.3 is 6.03 Å². The Bertz CT molecular complexity index is 916. The zero-order valence-corrected chi connectivity index (χ0v) is 12.8. The number of pyridine rings is 1. The van der Waals surface area contributed by atoms with Gasteiger partial charge in [-0.1, -0.05) is 17.4 Å². The van der Waals surface area contributed by atoms with E-state index in [0.717, 1.165) is 10.2 Å². The number of aromatic nitrogens is 2. The molecule has 2 N–H and O–H groups in total. The van der Waals surface area contributed by atoms with Gasteiger partial charge in [0.05, 0.1) is 37.3 Å². The second kappa shape index (κ2) is 6.29. The number of anilines is 2. The molecule has 3 aromatic rings. The number of thiazole rings is 1. The van der Waals surface area contributed by atoms with Gasteiger partial charge in [-0.3, -0.25) is 10.3 Å². The summed E-state index contributed by atoms with van der Waals surface area (Å²) >= 11 is 1.31. The van der Waals surface area contributed by atoms with Crippen molar-refractivity contribution in [1.82, 2.24) is 9.97 Å². The molecule has 0 unspecified atom stereocenters. The van der Waals surface area contributed by atoms with Crippen LogP contribution in [0.2, 0.25) is 0 Å². The third kappa shape index (κ3) is 3.36. The number of methoxy groups -OCH3 is 1. The maximum Gasteiger partial charge on any atom is 0.325 e. The van der Waals surface area contributed by atoms with Crippen LogP contribution in [0.25, 0.3) is 15.1 Å². The lowest BCUT2D eigenvalue weighted by Gasteiger charge is -2.06. The standard InChI is InChI=1S/C15H11N5O2S/c1-16-9-3-4-12-13(6-9)23-15(19-12)20-14(21)18-10-5-11(22-2)8-17-7-10/h3-8H,2H3,(H2,18,19,20,21). The van der Waals surface area contributed by atoms with Crippen LogP contribution in [-0.2, 0) is 0 Å². The molecule has 2 amide bonds. The van der Waals surface area contributed by atoms with Gasteiger partial charge in [-0.25, -0.2) is 14.6 Å². The Labute approximate surface area is 135 Å². The fraction of sp³-hybridized carbons (Fsp3) is 0.0667. The van der Waals surface area contributed by atoms with Crippen LogP contribution in [0.3, 0.4) is 0 Å². The molecule has 0 aliphatic heterocycles. The van der Waals surface area contributed by atoms with Crippen molar-refractivity contribution in [1.29, 1.82) is 0 Å². The molecule has 0 saturated heterocycles. The lowest BCUT2D eigenvalue weighted by atomic mass is 10.3. The Morgan fingerprint density at radius 1 is 1.30 bits per heavy atom. The number of carbonyl (C=O) groups is 1. The number of amides is 2. The SMILES string of the molecule is [C-]#[N+]c1ccc2nc(NC(=O)Nc3cncc(OC)c3)sc2c1. The van der Waals surface area contributed by atoms with Crippen LogP contribution in [0.5, 0.6) is 5.75 Å². The van der Waals surface area contributed by atoms with Crippen LogP contribution < -0.4 is 15.4 Å². The number of fused-ring (bicyclic) bond motifs is 1. The minimum absolute atomic E-state index is 0.426. The van der Waals surface area contributed by atoms with Crippen molar-refractivity contribution in [3.63, 3.8) is 0 Å². The number of carbonyl (C=O) groups excluding carboxylic acids is 1. The van der Waals surface area contributed by atoms with Gasteiger partial charge in [0.1, 0.15) is 5.75 Å². The highest BCUT2D eigenvalue weighted by Gasteiger charge is 2.09. The Kier molecular flexibility index (Phi) is 4.03. The molecule has 0 aliphatic carbocycles.